The summed E-state index contributed by atoms with van der Waals surface area (Å²) >= 11 is 1.21. The van der Waals surface area contributed by atoms with Crippen LogP contribution in [0.5, 0.6) is 11.5 Å². The van der Waals surface area contributed by atoms with Gasteiger partial charge in [0.25, 0.3) is 0 Å². The van der Waals surface area contributed by atoms with Crippen LogP contribution in [0.2, 0.25) is 0 Å². The van der Waals surface area contributed by atoms with Crippen LogP contribution in [0.3, 0.4) is 0 Å². The molecule has 0 saturated carbocycles. The zero-order chi connectivity index (χ0) is 20.8. The Bertz CT molecular complexity index is 996. The highest BCUT2D eigenvalue weighted by Crippen LogP contribution is 2.41. The molecule has 7 heteroatoms. The number of hydrogen-bond donors (Lipinski definition) is 1. The van der Waals surface area contributed by atoms with Crippen molar-refractivity contribution in [2.75, 3.05) is 20.8 Å². The summed E-state index contributed by atoms with van der Waals surface area (Å²) < 4.78 is 15.7. The maximum Gasteiger partial charge on any atom is 0.344 e. The highest BCUT2D eigenvalue weighted by atomic mass is 32.2. The average molecular weight is 411 g/mol. The molecule has 0 bridgehead atoms. The predicted octanol–water partition coefficient (Wildman–Crippen LogP) is 4.90. The number of aliphatic imine (C=N–C) groups is 1. The Kier molecular flexibility index (Phi) is 6.61. The first kappa shape index (κ1) is 20.5. The molecule has 1 aliphatic rings. The van der Waals surface area contributed by atoms with Crippen LogP contribution in [0.4, 0.5) is 5.69 Å². The van der Waals surface area contributed by atoms with Gasteiger partial charge in [0.05, 0.1) is 31.4 Å². The molecule has 3 rings (SSSR count). The molecular weight excluding hydrogens is 390 g/mol. The van der Waals surface area contributed by atoms with E-state index in [9.17, 15) is 9.90 Å². The predicted molar refractivity (Wildman–Crippen MR) is 115 cm³/mol. The van der Waals surface area contributed by atoms with Crippen LogP contribution in [-0.2, 0) is 9.53 Å². The minimum absolute atomic E-state index is 0.0624. The van der Waals surface area contributed by atoms with Gasteiger partial charge >= 0.3 is 5.97 Å². The number of ether oxygens (including phenoxy) is 3. The van der Waals surface area contributed by atoms with Crippen molar-refractivity contribution in [3.63, 3.8) is 0 Å². The number of hydrogen-bond acceptors (Lipinski definition) is 7. The zero-order valence-corrected chi connectivity index (χ0v) is 17.2. The van der Waals surface area contributed by atoms with Crippen molar-refractivity contribution in [1.29, 1.82) is 0 Å². The van der Waals surface area contributed by atoms with Crippen molar-refractivity contribution < 1.29 is 24.1 Å². The molecule has 2 aromatic carbocycles. The highest BCUT2D eigenvalue weighted by molar-refractivity contribution is 8.18. The van der Waals surface area contributed by atoms with Gasteiger partial charge in [0.2, 0.25) is 0 Å². The molecular formula is C22H21NO5S. The van der Waals surface area contributed by atoms with Crippen molar-refractivity contribution in [2.45, 2.75) is 6.92 Å². The van der Waals surface area contributed by atoms with E-state index in [1.54, 1.807) is 39.4 Å². The quantitative estimate of drug-likeness (QED) is 0.682. The second-order valence-corrected chi connectivity index (χ2v) is 6.95. The van der Waals surface area contributed by atoms with E-state index < -0.39 is 5.97 Å². The van der Waals surface area contributed by atoms with E-state index in [4.69, 9.17) is 14.2 Å². The fourth-order valence-corrected chi connectivity index (χ4v) is 3.74. The number of rotatable bonds is 6. The summed E-state index contributed by atoms with van der Waals surface area (Å²) in [5, 5.41) is 11.1. The lowest BCUT2D eigenvalue weighted by Gasteiger charge is -2.08. The Morgan fingerprint density at radius 1 is 1.10 bits per heavy atom. The van der Waals surface area contributed by atoms with Gasteiger partial charge in [-0.25, -0.2) is 9.79 Å². The molecule has 1 aliphatic heterocycles. The third kappa shape index (κ3) is 4.63. The summed E-state index contributed by atoms with van der Waals surface area (Å²) in [5.41, 5.74) is 1.52. The molecule has 29 heavy (non-hydrogen) atoms. The van der Waals surface area contributed by atoms with E-state index in [0.717, 1.165) is 5.56 Å². The van der Waals surface area contributed by atoms with E-state index in [0.29, 0.717) is 27.1 Å². The van der Waals surface area contributed by atoms with Gasteiger partial charge in [-0.1, -0.05) is 36.0 Å². The Morgan fingerprint density at radius 2 is 1.83 bits per heavy atom. The monoisotopic (exact) mass is 411 g/mol. The van der Waals surface area contributed by atoms with Gasteiger partial charge in [-0.05, 0) is 42.8 Å². The van der Waals surface area contributed by atoms with E-state index in [1.165, 1.54) is 11.8 Å². The lowest BCUT2D eigenvalue weighted by molar-refractivity contribution is -0.138. The molecule has 150 valence electrons. The molecule has 0 amide bonds. The van der Waals surface area contributed by atoms with Crippen molar-refractivity contribution in [1.82, 2.24) is 0 Å². The summed E-state index contributed by atoms with van der Waals surface area (Å²) in [4.78, 5) is 17.5. The van der Waals surface area contributed by atoms with Gasteiger partial charge in [0.1, 0.15) is 16.4 Å². The summed E-state index contributed by atoms with van der Waals surface area (Å²) in [5.74, 6) is 0.407. The smallest absolute Gasteiger partial charge is 0.344 e. The largest absolute Gasteiger partial charge is 0.506 e. The highest BCUT2D eigenvalue weighted by Gasteiger charge is 2.33. The Balaban J connectivity index is 2.03. The Hall–Kier alpha value is -3.19. The fraction of sp³-hybridized carbons (Fsp3) is 0.182. The van der Waals surface area contributed by atoms with Crippen LogP contribution in [0.15, 0.2) is 69.8 Å². The van der Waals surface area contributed by atoms with Crippen LogP contribution < -0.4 is 9.47 Å². The molecule has 2 aromatic rings. The molecule has 0 atom stereocenters. The van der Waals surface area contributed by atoms with Gasteiger partial charge in [-0.3, -0.25) is 0 Å². The number of benzene rings is 2. The van der Waals surface area contributed by atoms with E-state index in [-0.39, 0.29) is 17.9 Å². The molecule has 0 radical (unpaired) electrons. The van der Waals surface area contributed by atoms with E-state index in [2.05, 4.69) is 4.99 Å². The first-order chi connectivity index (χ1) is 14.1. The Morgan fingerprint density at radius 3 is 2.48 bits per heavy atom. The van der Waals surface area contributed by atoms with Crippen LogP contribution >= 0.6 is 11.8 Å². The third-order valence-corrected chi connectivity index (χ3v) is 5.08. The van der Waals surface area contributed by atoms with Crippen molar-refractivity contribution in [2.24, 2.45) is 4.99 Å². The SMILES string of the molecule is CCOC(=O)C1=C(O)C(=Cc2ccc(OC)c(OC)c2)SC1=Nc1ccccc1. The minimum Gasteiger partial charge on any atom is -0.506 e. The standard InChI is InChI=1S/C22H21NO5S/c1-4-28-22(25)19-20(24)18(29-21(19)23-15-8-6-5-7-9-15)13-14-10-11-16(26-2)17(12-14)27-3/h5-13,24H,4H2,1-3H3. The summed E-state index contributed by atoms with van der Waals surface area (Å²) in [6, 6.07) is 14.6. The fourth-order valence-electron chi connectivity index (χ4n) is 2.71. The molecule has 0 aromatic heterocycles. The average Bonchev–Trinajstić information content (AvgIpc) is 3.03. The minimum atomic E-state index is -0.608. The number of methoxy groups -OCH3 is 2. The molecule has 0 saturated heterocycles. The van der Waals surface area contributed by atoms with Crippen molar-refractivity contribution >= 4 is 34.5 Å². The third-order valence-electron chi connectivity index (χ3n) is 4.06. The lowest BCUT2D eigenvalue weighted by Crippen LogP contribution is -2.12. The van der Waals surface area contributed by atoms with Crippen LogP contribution in [0.1, 0.15) is 12.5 Å². The van der Waals surface area contributed by atoms with Gasteiger partial charge in [0, 0.05) is 0 Å². The normalized spacial score (nSPS) is 16.4. The number of para-hydroxylation sites is 1. The first-order valence-corrected chi connectivity index (χ1v) is 9.75. The second-order valence-electron chi connectivity index (χ2n) is 5.92. The van der Waals surface area contributed by atoms with Gasteiger partial charge in [0.15, 0.2) is 11.5 Å². The van der Waals surface area contributed by atoms with Crippen molar-refractivity contribution in [3.05, 3.63) is 70.3 Å². The molecule has 0 fully saturated rings. The lowest BCUT2D eigenvalue weighted by atomic mass is 10.1. The first-order valence-electron chi connectivity index (χ1n) is 8.93. The van der Waals surface area contributed by atoms with Crippen LogP contribution in [0, 0.1) is 0 Å². The topological polar surface area (TPSA) is 77.4 Å². The van der Waals surface area contributed by atoms with Gasteiger partial charge in [-0.2, -0.15) is 0 Å². The van der Waals surface area contributed by atoms with Crippen LogP contribution in [-0.4, -0.2) is 36.9 Å². The maximum absolute atomic E-state index is 12.4. The molecule has 0 spiro atoms. The van der Waals surface area contributed by atoms with Gasteiger partial charge in [-0.15, -0.1) is 0 Å². The number of aliphatic hydroxyl groups excluding tert-OH is 1. The molecule has 0 aliphatic carbocycles. The van der Waals surface area contributed by atoms with Gasteiger partial charge < -0.3 is 19.3 Å². The molecule has 1 heterocycles. The zero-order valence-electron chi connectivity index (χ0n) is 16.3. The number of carbonyl (C=O) groups is 1. The number of esters is 1. The Labute approximate surface area is 173 Å². The number of carbonyl (C=O) groups excluding carboxylic acids is 1. The molecule has 1 N–H and O–H groups in total. The number of nitrogens with zero attached hydrogens (tertiary/aromatic N) is 1. The van der Waals surface area contributed by atoms with Crippen LogP contribution in [0.25, 0.3) is 6.08 Å². The maximum atomic E-state index is 12.4. The molecule has 0 unspecified atom stereocenters. The van der Waals surface area contributed by atoms with Crippen molar-refractivity contribution in [3.8, 4) is 11.5 Å². The number of thioether (sulfide) groups is 1. The number of aliphatic hydroxyl groups is 1. The second kappa shape index (κ2) is 9.34. The summed E-state index contributed by atoms with van der Waals surface area (Å²) in [6.07, 6.45) is 1.76. The van der Waals surface area contributed by atoms with E-state index in [1.807, 2.05) is 36.4 Å². The summed E-state index contributed by atoms with van der Waals surface area (Å²) in [7, 11) is 3.12. The molecule has 6 nitrogen and oxygen atoms in total. The van der Waals surface area contributed by atoms with E-state index >= 15 is 0 Å². The summed E-state index contributed by atoms with van der Waals surface area (Å²) in [6.45, 7) is 1.92.